The molecule has 6 rings (SSSR count). The number of nitrogens with zero attached hydrogens (tertiary/aromatic N) is 5. The number of carbonyl (C=O) groups is 1. The molecule has 2 aromatic heterocycles. The summed E-state index contributed by atoms with van der Waals surface area (Å²) in [6.45, 7) is 5.15. The molecule has 0 aliphatic carbocycles. The molecule has 0 spiro atoms. The normalized spacial score (nSPS) is 16.7. The number of aromatic nitrogens is 4. The maximum atomic E-state index is 13.7. The van der Waals surface area contributed by atoms with E-state index in [2.05, 4.69) is 47.6 Å². The fraction of sp³-hybridized carbons (Fsp3) is 0.357. The third-order valence-corrected chi connectivity index (χ3v) is 8.11. The van der Waals surface area contributed by atoms with Crippen molar-refractivity contribution in [3.63, 3.8) is 0 Å². The van der Waals surface area contributed by atoms with Crippen molar-refractivity contribution < 1.29 is 18.3 Å². The first-order valence-corrected chi connectivity index (χ1v) is 14.3. The van der Waals surface area contributed by atoms with Crippen LogP contribution in [0.3, 0.4) is 0 Å². The van der Waals surface area contributed by atoms with Crippen LogP contribution in [-0.4, -0.2) is 83.5 Å². The number of hydrogen-bond donors (Lipinski definition) is 3. The van der Waals surface area contributed by atoms with Crippen LogP contribution in [0.2, 0.25) is 0 Å². The first-order valence-electron chi connectivity index (χ1n) is 13.5. The average molecular weight is 581 g/mol. The highest BCUT2D eigenvalue weighted by molar-refractivity contribution is 7.99. The van der Waals surface area contributed by atoms with Crippen molar-refractivity contribution in [2.24, 2.45) is 0 Å². The Kier molecular flexibility index (Phi) is 7.99. The fourth-order valence-corrected chi connectivity index (χ4v) is 5.80. The predicted octanol–water partition coefficient (Wildman–Crippen LogP) is 4.38. The van der Waals surface area contributed by atoms with Gasteiger partial charge in [-0.3, -0.25) is 9.89 Å². The SMILES string of the molecule is CN1CCN(c2ccc(C(=O)Nc3[nH]nc4ncc(Sc5cc(F)cc(F)c5)nc34)c(NC3CCOCC3)c2)CC1. The summed E-state index contributed by atoms with van der Waals surface area (Å²) in [6, 6.07) is 9.32. The smallest absolute Gasteiger partial charge is 0.258 e. The number of fused-ring (bicyclic) bond motifs is 1. The molecule has 0 atom stereocenters. The lowest BCUT2D eigenvalue weighted by Crippen LogP contribution is -2.44. The molecule has 41 heavy (non-hydrogen) atoms. The third-order valence-electron chi connectivity index (χ3n) is 7.24. The van der Waals surface area contributed by atoms with Crippen LogP contribution in [0.4, 0.5) is 26.0 Å². The molecule has 2 saturated heterocycles. The number of likely N-dealkylation sites (N-methyl/N-ethyl adjacent to an activating group) is 1. The zero-order valence-electron chi connectivity index (χ0n) is 22.5. The molecule has 2 fully saturated rings. The zero-order chi connectivity index (χ0) is 28.3. The number of nitrogens with one attached hydrogen (secondary N) is 3. The van der Waals surface area contributed by atoms with Gasteiger partial charge in [0.05, 0.1) is 11.8 Å². The van der Waals surface area contributed by atoms with Crippen LogP contribution in [0.15, 0.2) is 52.5 Å². The number of H-pyrrole nitrogens is 1. The molecular formula is C28H30F2N8O2S. The van der Waals surface area contributed by atoms with E-state index in [1.54, 1.807) is 0 Å². The van der Waals surface area contributed by atoms with E-state index >= 15 is 0 Å². The van der Waals surface area contributed by atoms with Gasteiger partial charge >= 0.3 is 0 Å². The van der Waals surface area contributed by atoms with Crippen molar-refractivity contribution in [1.82, 2.24) is 25.1 Å². The van der Waals surface area contributed by atoms with Crippen LogP contribution in [-0.2, 0) is 4.74 Å². The van der Waals surface area contributed by atoms with Crippen LogP contribution in [0, 0.1) is 11.6 Å². The van der Waals surface area contributed by atoms with Crippen molar-refractivity contribution in [3.05, 3.63) is 59.8 Å². The summed E-state index contributed by atoms with van der Waals surface area (Å²) in [6.07, 6.45) is 3.18. The monoisotopic (exact) mass is 580 g/mol. The number of benzene rings is 2. The lowest BCUT2D eigenvalue weighted by molar-refractivity contribution is 0.0904. The van der Waals surface area contributed by atoms with Gasteiger partial charge in [-0.25, -0.2) is 18.7 Å². The number of amides is 1. The molecule has 2 aliphatic rings. The van der Waals surface area contributed by atoms with Gasteiger partial charge in [-0.2, -0.15) is 5.10 Å². The van der Waals surface area contributed by atoms with Crippen LogP contribution in [0.1, 0.15) is 23.2 Å². The summed E-state index contributed by atoms with van der Waals surface area (Å²) in [7, 11) is 2.12. The Morgan fingerprint density at radius 1 is 1.07 bits per heavy atom. The van der Waals surface area contributed by atoms with Gasteiger partial charge in [0.2, 0.25) is 5.65 Å². The molecule has 1 amide bonds. The third kappa shape index (κ3) is 6.42. The van der Waals surface area contributed by atoms with E-state index in [1.807, 2.05) is 18.2 Å². The lowest BCUT2D eigenvalue weighted by Gasteiger charge is -2.34. The number of rotatable bonds is 7. The second kappa shape index (κ2) is 12.0. The van der Waals surface area contributed by atoms with Gasteiger partial charge < -0.3 is 25.2 Å². The molecule has 4 aromatic rings. The molecule has 214 valence electrons. The van der Waals surface area contributed by atoms with E-state index in [4.69, 9.17) is 4.74 Å². The van der Waals surface area contributed by atoms with Gasteiger partial charge in [0.25, 0.3) is 5.91 Å². The maximum Gasteiger partial charge on any atom is 0.258 e. The molecule has 0 radical (unpaired) electrons. The van der Waals surface area contributed by atoms with Crippen LogP contribution in [0.5, 0.6) is 0 Å². The highest BCUT2D eigenvalue weighted by Gasteiger charge is 2.22. The van der Waals surface area contributed by atoms with Crippen molar-refractivity contribution in [2.45, 2.75) is 28.8 Å². The number of piperazine rings is 1. The van der Waals surface area contributed by atoms with Gasteiger partial charge in [-0.15, -0.1) is 0 Å². The van der Waals surface area contributed by atoms with Crippen molar-refractivity contribution in [3.8, 4) is 0 Å². The van der Waals surface area contributed by atoms with Gasteiger partial charge in [0.15, 0.2) is 11.3 Å². The largest absolute Gasteiger partial charge is 0.381 e. The van der Waals surface area contributed by atoms with Crippen LogP contribution >= 0.6 is 11.8 Å². The highest BCUT2D eigenvalue weighted by Crippen LogP contribution is 2.31. The quantitative estimate of drug-likeness (QED) is 0.293. The van der Waals surface area contributed by atoms with Gasteiger partial charge in [-0.05, 0) is 50.2 Å². The summed E-state index contributed by atoms with van der Waals surface area (Å²) in [5.74, 6) is -1.41. The number of hydrogen-bond acceptors (Lipinski definition) is 9. The van der Waals surface area contributed by atoms with Crippen molar-refractivity contribution in [1.29, 1.82) is 0 Å². The molecule has 4 heterocycles. The number of carbonyl (C=O) groups excluding carboxylic acids is 1. The number of anilines is 3. The van der Waals surface area contributed by atoms with E-state index in [0.717, 1.165) is 68.2 Å². The summed E-state index contributed by atoms with van der Waals surface area (Å²) in [5, 5.41) is 13.8. The van der Waals surface area contributed by atoms with Gasteiger partial charge in [-0.1, -0.05) is 11.8 Å². The average Bonchev–Trinajstić information content (AvgIpc) is 3.35. The summed E-state index contributed by atoms with van der Waals surface area (Å²) < 4.78 is 32.8. The number of ether oxygens (including phenoxy) is 1. The Bertz CT molecular complexity index is 1530. The topological polar surface area (TPSA) is 111 Å². The van der Waals surface area contributed by atoms with E-state index in [0.29, 0.717) is 39.9 Å². The highest BCUT2D eigenvalue weighted by atomic mass is 32.2. The minimum Gasteiger partial charge on any atom is -0.381 e. The Hall–Kier alpha value is -3.81. The van der Waals surface area contributed by atoms with E-state index in [9.17, 15) is 13.6 Å². The molecule has 10 nitrogen and oxygen atoms in total. The Morgan fingerprint density at radius 2 is 1.83 bits per heavy atom. The second-order valence-corrected chi connectivity index (χ2v) is 11.3. The Labute approximate surface area is 239 Å². The van der Waals surface area contributed by atoms with Crippen LogP contribution in [0.25, 0.3) is 11.2 Å². The van der Waals surface area contributed by atoms with E-state index < -0.39 is 11.6 Å². The number of halogens is 2. The van der Waals surface area contributed by atoms with Crippen LogP contribution < -0.4 is 15.5 Å². The van der Waals surface area contributed by atoms with E-state index in [1.165, 1.54) is 18.3 Å². The molecule has 0 saturated carbocycles. The molecule has 0 bridgehead atoms. The molecule has 2 aromatic carbocycles. The fourth-order valence-electron chi connectivity index (χ4n) is 4.98. The van der Waals surface area contributed by atoms with Gasteiger partial charge in [0.1, 0.15) is 16.7 Å². The molecule has 0 unspecified atom stereocenters. The summed E-state index contributed by atoms with van der Waals surface area (Å²) in [4.78, 5) is 27.4. The lowest BCUT2D eigenvalue weighted by atomic mass is 10.1. The minimum absolute atomic E-state index is 0.198. The summed E-state index contributed by atoms with van der Waals surface area (Å²) >= 11 is 1.06. The predicted molar refractivity (Wildman–Crippen MR) is 154 cm³/mol. The minimum atomic E-state index is -0.679. The first kappa shape index (κ1) is 27.4. The van der Waals surface area contributed by atoms with Crippen molar-refractivity contribution in [2.75, 3.05) is 62.0 Å². The Balaban J connectivity index is 1.25. The molecular weight excluding hydrogens is 550 g/mol. The van der Waals surface area contributed by atoms with Gasteiger partial charge in [0, 0.05) is 67.8 Å². The molecule has 3 N–H and O–H groups in total. The van der Waals surface area contributed by atoms with E-state index in [-0.39, 0.29) is 17.8 Å². The number of aromatic amines is 1. The second-order valence-electron chi connectivity index (χ2n) is 10.2. The summed E-state index contributed by atoms with van der Waals surface area (Å²) in [5.41, 5.74) is 2.96. The Morgan fingerprint density at radius 3 is 2.59 bits per heavy atom. The zero-order valence-corrected chi connectivity index (χ0v) is 23.3. The maximum absolute atomic E-state index is 13.7. The molecule has 13 heteroatoms. The van der Waals surface area contributed by atoms with Crippen molar-refractivity contribution >= 4 is 46.0 Å². The first-order chi connectivity index (χ1) is 19.9. The molecule has 2 aliphatic heterocycles. The standard InChI is InChI=1S/C28H30F2N8O2S/c1-37-6-8-38(9-7-37)20-2-3-22(23(15-20)32-19-4-10-40-11-5-19)28(39)34-27-25-26(35-36-27)31-16-24(33-25)41-21-13-17(29)12-18(30)14-21/h2-3,12-16,19,32H,4-11H2,1H3,(H2,31,34,35,36,39).